The van der Waals surface area contributed by atoms with Crippen molar-refractivity contribution in [1.82, 2.24) is 10.6 Å². The Morgan fingerprint density at radius 1 is 1.60 bits per heavy atom. The van der Waals surface area contributed by atoms with Crippen LogP contribution in [0, 0.1) is 0 Å². The van der Waals surface area contributed by atoms with Gasteiger partial charge in [0, 0.05) is 19.6 Å². The number of carbonyl (C=O) groups is 1. The standard InChI is InChI=1S/C10H20N2O3/c1-3-12-10(13)7-14-6-9-5-11-4-8(2)15-9/h8-9,11H,3-7H2,1-2H3,(H,12,13). The van der Waals surface area contributed by atoms with E-state index < -0.39 is 0 Å². The van der Waals surface area contributed by atoms with E-state index in [9.17, 15) is 4.79 Å². The summed E-state index contributed by atoms with van der Waals surface area (Å²) in [6.07, 6.45) is 0.278. The smallest absolute Gasteiger partial charge is 0.245 e. The van der Waals surface area contributed by atoms with Crippen LogP contribution in [-0.2, 0) is 14.3 Å². The number of amides is 1. The predicted octanol–water partition coefficient (Wildman–Crippen LogP) is -0.484. The lowest BCUT2D eigenvalue weighted by Gasteiger charge is -2.28. The topological polar surface area (TPSA) is 59.6 Å². The molecule has 1 aliphatic heterocycles. The van der Waals surface area contributed by atoms with Gasteiger partial charge < -0.3 is 20.1 Å². The molecule has 15 heavy (non-hydrogen) atoms. The Hall–Kier alpha value is -0.650. The number of hydrogen-bond acceptors (Lipinski definition) is 4. The number of morpholine rings is 1. The Kier molecular flexibility index (Phi) is 5.60. The van der Waals surface area contributed by atoms with E-state index in [0.29, 0.717) is 13.2 Å². The Morgan fingerprint density at radius 3 is 3.07 bits per heavy atom. The van der Waals surface area contributed by atoms with Crippen molar-refractivity contribution < 1.29 is 14.3 Å². The fourth-order valence-electron chi connectivity index (χ4n) is 1.50. The van der Waals surface area contributed by atoms with Crippen molar-refractivity contribution >= 4 is 5.91 Å². The average Bonchev–Trinajstić information content (AvgIpc) is 2.18. The summed E-state index contributed by atoms with van der Waals surface area (Å²) in [6.45, 7) is 6.79. The molecule has 0 aromatic rings. The summed E-state index contributed by atoms with van der Waals surface area (Å²) in [4.78, 5) is 11.1. The van der Waals surface area contributed by atoms with Gasteiger partial charge in [0.05, 0.1) is 18.8 Å². The van der Waals surface area contributed by atoms with E-state index in [1.54, 1.807) is 0 Å². The summed E-state index contributed by atoms with van der Waals surface area (Å²) in [5.41, 5.74) is 0. The molecule has 2 unspecified atom stereocenters. The largest absolute Gasteiger partial charge is 0.370 e. The molecule has 1 amide bonds. The second-order valence-corrected chi connectivity index (χ2v) is 3.70. The SMILES string of the molecule is CCNC(=O)COCC1CNCC(C)O1. The number of carbonyl (C=O) groups excluding carboxylic acids is 1. The highest BCUT2D eigenvalue weighted by Crippen LogP contribution is 2.03. The number of ether oxygens (including phenoxy) is 2. The first-order valence-corrected chi connectivity index (χ1v) is 5.43. The van der Waals surface area contributed by atoms with E-state index in [1.165, 1.54) is 0 Å². The molecule has 2 atom stereocenters. The monoisotopic (exact) mass is 216 g/mol. The predicted molar refractivity (Wildman–Crippen MR) is 56.7 cm³/mol. The Bertz CT molecular complexity index is 199. The van der Waals surface area contributed by atoms with E-state index in [4.69, 9.17) is 9.47 Å². The van der Waals surface area contributed by atoms with Gasteiger partial charge in [-0.25, -0.2) is 0 Å². The van der Waals surface area contributed by atoms with Crippen LogP contribution in [-0.4, -0.2) is 51.0 Å². The van der Waals surface area contributed by atoms with Gasteiger partial charge in [0.25, 0.3) is 0 Å². The number of likely N-dealkylation sites (N-methyl/N-ethyl adjacent to an activating group) is 1. The first kappa shape index (κ1) is 12.4. The summed E-state index contributed by atoms with van der Waals surface area (Å²) in [5.74, 6) is -0.0747. The molecule has 1 saturated heterocycles. The van der Waals surface area contributed by atoms with Crippen molar-refractivity contribution in [3.8, 4) is 0 Å². The third-order valence-electron chi connectivity index (χ3n) is 2.14. The van der Waals surface area contributed by atoms with Gasteiger partial charge in [-0.15, -0.1) is 0 Å². The Labute approximate surface area is 90.5 Å². The molecule has 1 rings (SSSR count). The summed E-state index contributed by atoms with van der Waals surface area (Å²) >= 11 is 0. The molecule has 2 N–H and O–H groups in total. The zero-order chi connectivity index (χ0) is 11.1. The van der Waals surface area contributed by atoms with E-state index in [0.717, 1.165) is 13.1 Å². The number of rotatable bonds is 5. The van der Waals surface area contributed by atoms with E-state index >= 15 is 0 Å². The van der Waals surface area contributed by atoms with Crippen LogP contribution in [0.5, 0.6) is 0 Å². The summed E-state index contributed by atoms with van der Waals surface area (Å²) in [7, 11) is 0. The fourth-order valence-corrected chi connectivity index (χ4v) is 1.50. The summed E-state index contributed by atoms with van der Waals surface area (Å²) < 4.78 is 10.9. The summed E-state index contributed by atoms with van der Waals surface area (Å²) in [5, 5.41) is 5.91. The molecule has 1 aliphatic rings. The van der Waals surface area contributed by atoms with Crippen LogP contribution < -0.4 is 10.6 Å². The van der Waals surface area contributed by atoms with E-state index in [1.807, 2.05) is 13.8 Å². The normalized spacial score (nSPS) is 26.3. The van der Waals surface area contributed by atoms with Crippen molar-refractivity contribution in [1.29, 1.82) is 0 Å². The molecule has 0 aromatic heterocycles. The van der Waals surface area contributed by atoms with Crippen molar-refractivity contribution in [2.24, 2.45) is 0 Å². The molecule has 1 fully saturated rings. The van der Waals surface area contributed by atoms with Crippen LogP contribution in [0.3, 0.4) is 0 Å². The molecule has 0 radical (unpaired) electrons. The highest BCUT2D eigenvalue weighted by Gasteiger charge is 2.18. The zero-order valence-corrected chi connectivity index (χ0v) is 9.41. The van der Waals surface area contributed by atoms with Crippen LogP contribution in [0.15, 0.2) is 0 Å². The van der Waals surface area contributed by atoms with Crippen LogP contribution in [0.1, 0.15) is 13.8 Å². The number of hydrogen-bond donors (Lipinski definition) is 2. The van der Waals surface area contributed by atoms with Gasteiger partial charge in [0.1, 0.15) is 6.61 Å². The molecule has 0 saturated carbocycles. The molecule has 1 heterocycles. The van der Waals surface area contributed by atoms with E-state index in [2.05, 4.69) is 10.6 Å². The molecular formula is C10H20N2O3. The minimum absolute atomic E-state index is 0.0585. The molecular weight excluding hydrogens is 196 g/mol. The third kappa shape index (κ3) is 5.11. The van der Waals surface area contributed by atoms with Crippen molar-refractivity contribution in [2.45, 2.75) is 26.1 Å². The molecule has 5 nitrogen and oxygen atoms in total. The molecule has 0 aromatic carbocycles. The highest BCUT2D eigenvalue weighted by atomic mass is 16.5. The molecule has 0 spiro atoms. The van der Waals surface area contributed by atoms with Gasteiger partial charge in [-0.3, -0.25) is 4.79 Å². The number of nitrogens with one attached hydrogen (secondary N) is 2. The van der Waals surface area contributed by atoms with E-state index in [-0.39, 0.29) is 24.7 Å². The third-order valence-corrected chi connectivity index (χ3v) is 2.14. The molecule has 5 heteroatoms. The second-order valence-electron chi connectivity index (χ2n) is 3.70. The van der Waals surface area contributed by atoms with Gasteiger partial charge in [0.2, 0.25) is 5.91 Å². The van der Waals surface area contributed by atoms with Crippen molar-refractivity contribution in [2.75, 3.05) is 32.8 Å². The maximum absolute atomic E-state index is 11.1. The minimum Gasteiger partial charge on any atom is -0.370 e. The van der Waals surface area contributed by atoms with Gasteiger partial charge in [-0.05, 0) is 13.8 Å². The second kappa shape index (κ2) is 6.76. The van der Waals surface area contributed by atoms with Crippen LogP contribution in [0.2, 0.25) is 0 Å². The van der Waals surface area contributed by atoms with Crippen LogP contribution in [0.25, 0.3) is 0 Å². The molecule has 88 valence electrons. The first-order valence-electron chi connectivity index (χ1n) is 5.43. The lowest BCUT2D eigenvalue weighted by molar-refractivity contribution is -0.128. The first-order chi connectivity index (χ1) is 7.22. The van der Waals surface area contributed by atoms with Gasteiger partial charge in [-0.1, -0.05) is 0 Å². The van der Waals surface area contributed by atoms with Crippen LogP contribution >= 0.6 is 0 Å². The van der Waals surface area contributed by atoms with Gasteiger partial charge >= 0.3 is 0 Å². The maximum atomic E-state index is 11.1. The summed E-state index contributed by atoms with van der Waals surface area (Å²) in [6, 6.07) is 0. The maximum Gasteiger partial charge on any atom is 0.245 e. The van der Waals surface area contributed by atoms with Crippen molar-refractivity contribution in [3.05, 3.63) is 0 Å². The lowest BCUT2D eigenvalue weighted by atomic mass is 10.2. The fraction of sp³-hybridized carbons (Fsp3) is 0.900. The van der Waals surface area contributed by atoms with Gasteiger partial charge in [0.15, 0.2) is 0 Å². The Balaban J connectivity index is 2.06. The average molecular weight is 216 g/mol. The quantitative estimate of drug-likeness (QED) is 0.651. The molecule has 0 bridgehead atoms. The minimum atomic E-state index is -0.0747. The van der Waals surface area contributed by atoms with Crippen molar-refractivity contribution in [3.63, 3.8) is 0 Å². The zero-order valence-electron chi connectivity index (χ0n) is 9.41. The highest BCUT2D eigenvalue weighted by molar-refractivity contribution is 5.77. The Morgan fingerprint density at radius 2 is 2.40 bits per heavy atom. The van der Waals surface area contributed by atoms with Crippen LogP contribution in [0.4, 0.5) is 0 Å². The lowest BCUT2D eigenvalue weighted by Crippen LogP contribution is -2.45. The van der Waals surface area contributed by atoms with Gasteiger partial charge in [-0.2, -0.15) is 0 Å². The molecule has 0 aliphatic carbocycles.